The second-order valence-corrected chi connectivity index (χ2v) is 4.66. The molecule has 90 valence electrons. The fourth-order valence-corrected chi connectivity index (χ4v) is 1.91. The van der Waals surface area contributed by atoms with Crippen LogP contribution in [0.3, 0.4) is 0 Å². The fourth-order valence-electron chi connectivity index (χ4n) is 1.79. The number of rotatable bonds is 3. The zero-order chi connectivity index (χ0) is 12.4. The Morgan fingerprint density at radius 3 is 2.82 bits per heavy atom. The van der Waals surface area contributed by atoms with Crippen molar-refractivity contribution in [2.75, 3.05) is 0 Å². The predicted octanol–water partition coefficient (Wildman–Crippen LogP) is 2.66. The third-order valence-electron chi connectivity index (χ3n) is 2.75. The van der Waals surface area contributed by atoms with Gasteiger partial charge in [0.15, 0.2) is 0 Å². The van der Waals surface area contributed by atoms with E-state index in [4.69, 9.17) is 11.6 Å². The van der Waals surface area contributed by atoms with Gasteiger partial charge in [0.2, 0.25) is 0 Å². The summed E-state index contributed by atoms with van der Waals surface area (Å²) in [7, 11) is 1.86. The Labute approximate surface area is 106 Å². The first-order valence-electron chi connectivity index (χ1n) is 5.48. The largest absolute Gasteiger partial charge is 0.388 e. The SMILES string of the molecule is Cc1cc(C(O)Cc2cnn(C)c2)ccc1Cl. The first-order valence-corrected chi connectivity index (χ1v) is 5.85. The zero-order valence-corrected chi connectivity index (χ0v) is 10.6. The van der Waals surface area contributed by atoms with E-state index in [1.165, 1.54) is 0 Å². The van der Waals surface area contributed by atoms with Gasteiger partial charge >= 0.3 is 0 Å². The molecule has 1 aromatic heterocycles. The average molecular weight is 251 g/mol. The molecule has 1 heterocycles. The molecule has 1 unspecified atom stereocenters. The third-order valence-corrected chi connectivity index (χ3v) is 3.18. The van der Waals surface area contributed by atoms with E-state index < -0.39 is 6.10 Å². The molecule has 2 aromatic rings. The first-order chi connectivity index (χ1) is 8.06. The van der Waals surface area contributed by atoms with Gasteiger partial charge in [0.25, 0.3) is 0 Å². The quantitative estimate of drug-likeness (QED) is 0.910. The Kier molecular flexibility index (Phi) is 3.50. The molecule has 1 N–H and O–H groups in total. The Morgan fingerprint density at radius 1 is 1.47 bits per heavy atom. The monoisotopic (exact) mass is 250 g/mol. The summed E-state index contributed by atoms with van der Waals surface area (Å²) in [6, 6.07) is 5.60. The molecular weight excluding hydrogens is 236 g/mol. The molecule has 0 saturated heterocycles. The van der Waals surface area contributed by atoms with E-state index in [0.717, 1.165) is 21.7 Å². The second kappa shape index (κ2) is 4.90. The summed E-state index contributed by atoms with van der Waals surface area (Å²) in [6.45, 7) is 1.93. The standard InChI is InChI=1S/C13H15ClN2O/c1-9-5-11(3-4-12(9)14)13(17)6-10-7-15-16(2)8-10/h3-5,7-8,13,17H,6H2,1-2H3. The maximum atomic E-state index is 10.1. The van der Waals surface area contributed by atoms with Crippen molar-refractivity contribution in [3.63, 3.8) is 0 Å². The Hall–Kier alpha value is -1.32. The lowest BCUT2D eigenvalue weighted by Gasteiger charge is -2.11. The van der Waals surface area contributed by atoms with Crippen molar-refractivity contribution in [3.05, 3.63) is 52.3 Å². The number of hydrogen-bond acceptors (Lipinski definition) is 2. The highest BCUT2D eigenvalue weighted by Crippen LogP contribution is 2.23. The van der Waals surface area contributed by atoms with E-state index in [2.05, 4.69) is 5.10 Å². The van der Waals surface area contributed by atoms with E-state index >= 15 is 0 Å². The van der Waals surface area contributed by atoms with Gasteiger partial charge in [-0.25, -0.2) is 0 Å². The van der Waals surface area contributed by atoms with Crippen LogP contribution >= 0.6 is 11.6 Å². The summed E-state index contributed by atoms with van der Waals surface area (Å²) >= 11 is 5.95. The molecule has 0 spiro atoms. The summed E-state index contributed by atoms with van der Waals surface area (Å²) in [5.74, 6) is 0. The number of aliphatic hydroxyl groups excluding tert-OH is 1. The number of nitrogens with zero attached hydrogens (tertiary/aromatic N) is 2. The first kappa shape index (κ1) is 12.1. The molecule has 0 bridgehead atoms. The Balaban J connectivity index is 2.14. The topological polar surface area (TPSA) is 38.1 Å². The molecule has 17 heavy (non-hydrogen) atoms. The van der Waals surface area contributed by atoms with Crippen LogP contribution in [0, 0.1) is 6.92 Å². The van der Waals surface area contributed by atoms with Crippen LogP contribution in [-0.4, -0.2) is 14.9 Å². The normalized spacial score (nSPS) is 12.7. The van der Waals surface area contributed by atoms with Crippen LogP contribution in [0.15, 0.2) is 30.6 Å². The minimum absolute atomic E-state index is 0.518. The summed E-state index contributed by atoms with van der Waals surface area (Å²) in [4.78, 5) is 0. The van der Waals surface area contributed by atoms with Crippen LogP contribution in [0.4, 0.5) is 0 Å². The van der Waals surface area contributed by atoms with Crippen LogP contribution in [0.25, 0.3) is 0 Å². The molecule has 0 aliphatic heterocycles. The van der Waals surface area contributed by atoms with Crippen molar-refractivity contribution in [2.24, 2.45) is 7.05 Å². The average Bonchev–Trinajstić information content (AvgIpc) is 2.68. The molecule has 1 aromatic carbocycles. The molecule has 0 fully saturated rings. The van der Waals surface area contributed by atoms with Crippen LogP contribution in [0.1, 0.15) is 22.8 Å². The number of aryl methyl sites for hydroxylation is 2. The fraction of sp³-hybridized carbons (Fsp3) is 0.308. The van der Waals surface area contributed by atoms with Crippen molar-refractivity contribution in [1.29, 1.82) is 0 Å². The second-order valence-electron chi connectivity index (χ2n) is 4.25. The Bertz CT molecular complexity index is 522. The van der Waals surface area contributed by atoms with Gasteiger partial charge in [-0.15, -0.1) is 0 Å². The molecule has 4 heteroatoms. The van der Waals surface area contributed by atoms with Gasteiger partial charge in [-0.3, -0.25) is 4.68 Å². The van der Waals surface area contributed by atoms with Gasteiger partial charge in [-0.2, -0.15) is 5.10 Å². The lowest BCUT2D eigenvalue weighted by atomic mass is 10.0. The van der Waals surface area contributed by atoms with Crippen molar-refractivity contribution in [3.8, 4) is 0 Å². The number of halogens is 1. The summed E-state index contributed by atoms with van der Waals surface area (Å²) < 4.78 is 1.73. The number of hydrogen-bond donors (Lipinski definition) is 1. The summed E-state index contributed by atoms with van der Waals surface area (Å²) in [6.07, 6.45) is 3.72. The minimum atomic E-state index is -0.518. The van der Waals surface area contributed by atoms with Crippen LogP contribution in [-0.2, 0) is 13.5 Å². The maximum absolute atomic E-state index is 10.1. The van der Waals surface area contributed by atoms with Crippen LogP contribution in [0.5, 0.6) is 0 Å². The number of benzene rings is 1. The maximum Gasteiger partial charge on any atom is 0.0831 e. The van der Waals surface area contributed by atoms with Crippen molar-refractivity contribution in [1.82, 2.24) is 9.78 Å². The molecular formula is C13H15ClN2O. The molecule has 0 saturated carbocycles. The van der Waals surface area contributed by atoms with Gasteiger partial charge in [-0.05, 0) is 29.7 Å². The van der Waals surface area contributed by atoms with Gasteiger partial charge in [0.1, 0.15) is 0 Å². The lowest BCUT2D eigenvalue weighted by molar-refractivity contribution is 0.178. The van der Waals surface area contributed by atoms with E-state index in [9.17, 15) is 5.11 Å². The minimum Gasteiger partial charge on any atom is -0.388 e. The summed E-state index contributed by atoms with van der Waals surface area (Å²) in [5.41, 5.74) is 2.89. The van der Waals surface area contributed by atoms with E-state index in [-0.39, 0.29) is 0 Å². The van der Waals surface area contributed by atoms with Crippen LogP contribution in [0.2, 0.25) is 5.02 Å². The van der Waals surface area contributed by atoms with Gasteiger partial charge in [0, 0.05) is 24.7 Å². The van der Waals surface area contributed by atoms with Gasteiger partial charge in [0.05, 0.1) is 12.3 Å². The van der Waals surface area contributed by atoms with Crippen molar-refractivity contribution >= 4 is 11.6 Å². The predicted molar refractivity (Wildman–Crippen MR) is 68.1 cm³/mol. The number of aromatic nitrogens is 2. The molecule has 2 rings (SSSR count). The molecule has 0 radical (unpaired) electrons. The van der Waals surface area contributed by atoms with E-state index in [0.29, 0.717) is 6.42 Å². The molecule has 0 amide bonds. The van der Waals surface area contributed by atoms with Gasteiger partial charge in [-0.1, -0.05) is 23.7 Å². The highest BCUT2D eigenvalue weighted by molar-refractivity contribution is 6.31. The van der Waals surface area contributed by atoms with E-state index in [1.807, 2.05) is 38.4 Å². The Morgan fingerprint density at radius 2 is 2.24 bits per heavy atom. The van der Waals surface area contributed by atoms with Crippen LogP contribution < -0.4 is 0 Å². The summed E-state index contributed by atoms with van der Waals surface area (Å²) in [5, 5.41) is 14.9. The highest BCUT2D eigenvalue weighted by atomic mass is 35.5. The molecule has 0 aliphatic carbocycles. The molecule has 1 atom stereocenters. The molecule has 0 aliphatic rings. The van der Waals surface area contributed by atoms with Crippen molar-refractivity contribution < 1.29 is 5.11 Å². The zero-order valence-electron chi connectivity index (χ0n) is 9.89. The van der Waals surface area contributed by atoms with E-state index in [1.54, 1.807) is 10.9 Å². The van der Waals surface area contributed by atoms with Crippen molar-refractivity contribution in [2.45, 2.75) is 19.4 Å². The highest BCUT2D eigenvalue weighted by Gasteiger charge is 2.10. The van der Waals surface area contributed by atoms with Gasteiger partial charge < -0.3 is 5.11 Å². The molecule has 3 nitrogen and oxygen atoms in total. The smallest absolute Gasteiger partial charge is 0.0831 e. The lowest BCUT2D eigenvalue weighted by Crippen LogP contribution is -2.01. The third kappa shape index (κ3) is 2.87. The number of aliphatic hydroxyl groups is 1.